The van der Waals surface area contributed by atoms with E-state index >= 15 is 0 Å². The van der Waals surface area contributed by atoms with Crippen molar-refractivity contribution in [2.24, 2.45) is 0 Å². The zero-order valence-corrected chi connectivity index (χ0v) is 14.6. The molecule has 0 radical (unpaired) electrons. The minimum Gasteiger partial charge on any atom is -0.481 e. The van der Waals surface area contributed by atoms with E-state index < -0.39 is 5.97 Å². The van der Waals surface area contributed by atoms with Crippen molar-refractivity contribution in [3.8, 4) is 12.1 Å². The van der Waals surface area contributed by atoms with Crippen molar-refractivity contribution in [1.82, 2.24) is 0 Å². The first kappa shape index (κ1) is 20.6. The van der Waals surface area contributed by atoms with Gasteiger partial charge in [-0.05, 0) is 35.3 Å². The summed E-state index contributed by atoms with van der Waals surface area (Å²) in [5, 5.41) is 23.2. The molecule has 132 valence electrons. The van der Waals surface area contributed by atoms with Crippen molar-refractivity contribution in [3.05, 3.63) is 59.2 Å². The Bertz CT molecular complexity index is 822. The Kier molecular flexibility index (Phi) is 8.85. The molecule has 2 aliphatic carbocycles. The number of fused-ring (bicyclic) bond motifs is 3. The van der Waals surface area contributed by atoms with Crippen LogP contribution in [0.3, 0.4) is 0 Å². The fourth-order valence-corrected chi connectivity index (χ4v) is 2.31. The molecule has 0 atom stereocenters. The third-order valence-electron chi connectivity index (χ3n) is 3.52. The number of carboxylic acid groups (broad SMARTS) is 1. The molecular weight excluding hydrogens is 328 g/mol. The Balaban J connectivity index is 0.000000239. The Morgan fingerprint density at radius 1 is 1.15 bits per heavy atom. The predicted octanol–water partition coefficient (Wildman–Crippen LogP) is 4.29. The largest absolute Gasteiger partial charge is 0.481 e. The molecule has 5 heteroatoms. The van der Waals surface area contributed by atoms with E-state index in [0.717, 1.165) is 29.6 Å². The van der Waals surface area contributed by atoms with Gasteiger partial charge in [-0.3, -0.25) is 9.59 Å². The highest BCUT2D eigenvalue weighted by Crippen LogP contribution is 2.37. The molecule has 1 N–H and O–H groups in total. The smallest absolute Gasteiger partial charge is 0.303 e. The third-order valence-corrected chi connectivity index (χ3v) is 3.52. The lowest BCUT2D eigenvalue weighted by Crippen LogP contribution is -2.00. The summed E-state index contributed by atoms with van der Waals surface area (Å²) in [7, 11) is 0. The van der Waals surface area contributed by atoms with Crippen molar-refractivity contribution in [3.63, 3.8) is 0 Å². The second-order valence-corrected chi connectivity index (χ2v) is 5.44. The minimum absolute atomic E-state index is 0. The van der Waals surface area contributed by atoms with Gasteiger partial charge in [-0.25, -0.2) is 0 Å². The van der Waals surface area contributed by atoms with Gasteiger partial charge >= 0.3 is 5.97 Å². The van der Waals surface area contributed by atoms with E-state index in [1.165, 1.54) is 5.56 Å². The number of carbonyl (C=O) groups is 2. The van der Waals surface area contributed by atoms with Crippen molar-refractivity contribution in [1.29, 1.82) is 10.5 Å². The second kappa shape index (κ2) is 11.2. The predicted molar refractivity (Wildman–Crippen MR) is 99.5 cm³/mol. The lowest BCUT2D eigenvalue weighted by molar-refractivity contribution is -0.137. The lowest BCUT2D eigenvalue weighted by atomic mass is 9.96. The first-order valence-electron chi connectivity index (χ1n) is 8.25. The van der Waals surface area contributed by atoms with Crippen LogP contribution in [0.1, 0.15) is 43.7 Å². The highest BCUT2D eigenvalue weighted by atomic mass is 16.4. The monoisotopic (exact) mass is 348 g/mol. The minimum atomic E-state index is -0.693. The number of carbonyl (C=O) groups excluding carboxylic acids is 1. The fourth-order valence-electron chi connectivity index (χ4n) is 2.31. The number of nitrogens with zero attached hydrogens (tertiary/aromatic N) is 2. The maximum absolute atomic E-state index is 11.5. The molecule has 5 nitrogen and oxygen atoms in total. The molecule has 3 rings (SSSR count). The molecule has 0 amide bonds. The van der Waals surface area contributed by atoms with Gasteiger partial charge in [-0.2, -0.15) is 10.5 Å². The Labute approximate surface area is 153 Å². The number of ketones is 1. The summed E-state index contributed by atoms with van der Waals surface area (Å²) in [4.78, 5) is 21.3. The van der Waals surface area contributed by atoms with Gasteiger partial charge in [0.25, 0.3) is 0 Å². The van der Waals surface area contributed by atoms with Gasteiger partial charge < -0.3 is 5.11 Å². The molecule has 1 aromatic carbocycles. The summed E-state index contributed by atoms with van der Waals surface area (Å²) >= 11 is 0. The Morgan fingerprint density at radius 3 is 2.38 bits per heavy atom. The summed E-state index contributed by atoms with van der Waals surface area (Å²) < 4.78 is 0. The van der Waals surface area contributed by atoms with Gasteiger partial charge in [0.1, 0.15) is 6.42 Å². The van der Waals surface area contributed by atoms with Gasteiger partial charge in [-0.15, -0.1) is 0 Å². The van der Waals surface area contributed by atoms with Crippen molar-refractivity contribution in [2.75, 3.05) is 0 Å². The number of carboxylic acids is 1. The number of rotatable bonds is 3. The van der Waals surface area contributed by atoms with Gasteiger partial charge in [-0.1, -0.05) is 49.8 Å². The number of hydrogen-bond donors (Lipinski definition) is 1. The molecule has 0 bridgehead atoms. The molecule has 0 aliphatic heterocycles. The average molecular weight is 348 g/mol. The number of nitriles is 2. The lowest BCUT2D eigenvalue weighted by Gasteiger charge is -2.06. The van der Waals surface area contributed by atoms with Crippen molar-refractivity contribution in [2.45, 2.75) is 32.6 Å². The summed E-state index contributed by atoms with van der Waals surface area (Å²) in [6.45, 7) is 1.98. The summed E-state index contributed by atoms with van der Waals surface area (Å²) in [5.74, 6) is -0.583. The van der Waals surface area contributed by atoms with Crippen LogP contribution in [-0.2, 0) is 9.59 Å². The van der Waals surface area contributed by atoms with Crippen LogP contribution in [0.2, 0.25) is 0 Å². The van der Waals surface area contributed by atoms with E-state index in [9.17, 15) is 9.59 Å². The van der Waals surface area contributed by atoms with Crippen LogP contribution < -0.4 is 0 Å². The standard InChI is InChI=1S/C13H8O.C5H10O2.C3H2N2/c14-13-7-3-6-11-10-5-2-1-4-9(10)8-12(11)13;1-2-3-4-5(6)7;4-2-1-3-5/h1-8H;2-4H2,1H3,(H,6,7);1H2. The van der Waals surface area contributed by atoms with Crippen LogP contribution in [0.4, 0.5) is 0 Å². The average Bonchev–Trinajstić information content (AvgIpc) is 3.02. The molecule has 1 aromatic rings. The van der Waals surface area contributed by atoms with Crippen molar-refractivity contribution < 1.29 is 14.7 Å². The summed E-state index contributed by atoms with van der Waals surface area (Å²) in [5.41, 5.74) is 4.20. The van der Waals surface area contributed by atoms with E-state index in [1.54, 1.807) is 18.2 Å². The summed E-state index contributed by atoms with van der Waals surface area (Å²) in [6, 6.07) is 11.4. The zero-order valence-electron chi connectivity index (χ0n) is 14.6. The molecular formula is C21H20N2O3. The van der Waals surface area contributed by atoms with Crippen LogP contribution in [0.15, 0.2) is 48.1 Å². The number of benzene rings is 1. The topological polar surface area (TPSA) is 102 Å². The maximum Gasteiger partial charge on any atom is 0.303 e. The van der Waals surface area contributed by atoms with Crippen LogP contribution in [0.5, 0.6) is 0 Å². The van der Waals surface area contributed by atoms with E-state index in [0.29, 0.717) is 6.42 Å². The SMILES string of the molecule is CCCCC(=O)O.N#CCC#N.O=C1C=CC=C2C1=Cc1ccccc12. The zero-order chi connectivity index (χ0) is 19.4. The number of allylic oxidation sites excluding steroid dienone is 5. The highest BCUT2D eigenvalue weighted by Gasteiger charge is 2.23. The normalized spacial score (nSPS) is 12.5. The summed E-state index contributed by atoms with van der Waals surface area (Å²) in [6.07, 6.45) is 9.47. The van der Waals surface area contributed by atoms with Crippen molar-refractivity contribution >= 4 is 23.4 Å². The molecule has 0 saturated heterocycles. The van der Waals surface area contributed by atoms with Gasteiger partial charge in [0, 0.05) is 12.0 Å². The molecule has 26 heavy (non-hydrogen) atoms. The quantitative estimate of drug-likeness (QED) is 0.878. The van der Waals surface area contributed by atoms with Crippen LogP contribution in [-0.4, -0.2) is 16.9 Å². The van der Waals surface area contributed by atoms with E-state index in [1.807, 2.05) is 43.4 Å². The number of hydrogen-bond acceptors (Lipinski definition) is 4. The fraction of sp³-hybridized carbons (Fsp3) is 0.238. The number of unbranched alkanes of at least 4 members (excludes halogenated alkanes) is 1. The maximum atomic E-state index is 11.5. The van der Waals surface area contributed by atoms with Crippen LogP contribution in [0, 0.1) is 22.7 Å². The van der Waals surface area contributed by atoms with Gasteiger partial charge in [0.05, 0.1) is 12.1 Å². The molecule has 0 unspecified atom stereocenters. The number of aliphatic carboxylic acids is 1. The Morgan fingerprint density at radius 2 is 1.85 bits per heavy atom. The van der Waals surface area contributed by atoms with Gasteiger partial charge in [0.15, 0.2) is 5.78 Å². The van der Waals surface area contributed by atoms with Crippen LogP contribution >= 0.6 is 0 Å². The molecule has 0 heterocycles. The molecule has 0 aromatic heterocycles. The van der Waals surface area contributed by atoms with Crippen LogP contribution in [0.25, 0.3) is 11.6 Å². The molecule has 0 fully saturated rings. The Hall–Kier alpha value is -3.44. The molecule has 0 saturated carbocycles. The first-order valence-corrected chi connectivity index (χ1v) is 8.25. The van der Waals surface area contributed by atoms with E-state index in [-0.39, 0.29) is 12.2 Å². The third kappa shape index (κ3) is 6.22. The highest BCUT2D eigenvalue weighted by molar-refractivity contribution is 6.23. The second-order valence-electron chi connectivity index (χ2n) is 5.44. The van der Waals surface area contributed by atoms with E-state index in [2.05, 4.69) is 6.07 Å². The van der Waals surface area contributed by atoms with Gasteiger partial charge in [0.2, 0.25) is 0 Å². The molecule has 2 aliphatic rings. The first-order chi connectivity index (χ1) is 12.5. The van der Waals surface area contributed by atoms with E-state index in [4.69, 9.17) is 15.6 Å². The molecule has 0 spiro atoms.